The van der Waals surface area contributed by atoms with Gasteiger partial charge in [-0.15, -0.1) is 0 Å². The number of alkyl halides is 2. The van der Waals surface area contributed by atoms with E-state index in [0.29, 0.717) is 40.8 Å². The Morgan fingerprint density at radius 1 is 1.27 bits per heavy atom. The summed E-state index contributed by atoms with van der Waals surface area (Å²) in [5.74, 6) is -1.48. The maximum absolute atomic E-state index is 15.4. The van der Waals surface area contributed by atoms with Gasteiger partial charge >= 0.3 is 0 Å². The Kier molecular flexibility index (Phi) is 4.51. The minimum Gasteiger partial charge on any atom is -0.364 e. The van der Waals surface area contributed by atoms with Crippen molar-refractivity contribution in [1.29, 1.82) is 0 Å². The van der Waals surface area contributed by atoms with Crippen LogP contribution >= 0.6 is 11.6 Å². The number of halogens is 4. The Morgan fingerprint density at radius 3 is 2.82 bits per heavy atom. The van der Waals surface area contributed by atoms with E-state index in [-0.39, 0.29) is 29.5 Å². The second-order valence-electron chi connectivity index (χ2n) is 8.35. The number of benzene rings is 1. The van der Waals surface area contributed by atoms with E-state index < -0.39 is 30.0 Å². The number of imidazole rings is 1. The number of carbonyl (C=O) groups is 1. The first kappa shape index (κ1) is 20.3. The average Bonchev–Trinajstić information content (AvgIpc) is 3.16. The van der Waals surface area contributed by atoms with Gasteiger partial charge in [-0.1, -0.05) is 11.6 Å². The molecule has 33 heavy (non-hydrogen) atoms. The molecule has 1 aliphatic heterocycles. The van der Waals surface area contributed by atoms with Crippen molar-refractivity contribution in [2.75, 3.05) is 23.3 Å². The van der Waals surface area contributed by atoms with E-state index in [1.165, 1.54) is 12.4 Å². The number of amides is 1. The molecule has 0 radical (unpaired) electrons. The number of fused-ring (bicyclic) bond motifs is 2. The van der Waals surface area contributed by atoms with E-state index in [4.69, 9.17) is 11.6 Å². The van der Waals surface area contributed by atoms with Gasteiger partial charge in [0.05, 0.1) is 40.7 Å². The van der Waals surface area contributed by atoms with Gasteiger partial charge in [-0.05, 0) is 12.8 Å². The maximum Gasteiger partial charge on any atom is 0.231 e. The van der Waals surface area contributed by atoms with Crippen LogP contribution in [-0.2, 0) is 4.79 Å². The smallest absolute Gasteiger partial charge is 0.231 e. The lowest BCUT2D eigenvalue weighted by atomic mass is 10.0. The lowest BCUT2D eigenvalue weighted by Gasteiger charge is -2.21. The molecule has 0 bridgehead atoms. The maximum atomic E-state index is 15.4. The molecule has 2 aliphatic rings. The van der Waals surface area contributed by atoms with Crippen molar-refractivity contribution in [2.24, 2.45) is 5.92 Å². The van der Waals surface area contributed by atoms with E-state index in [1.807, 2.05) is 0 Å². The first-order valence-electron chi connectivity index (χ1n) is 10.4. The minimum absolute atomic E-state index is 0.0818. The predicted molar refractivity (Wildman–Crippen MR) is 116 cm³/mol. The summed E-state index contributed by atoms with van der Waals surface area (Å²) >= 11 is 6.47. The molecular formula is C21H17ClF3N7O. The van der Waals surface area contributed by atoms with E-state index >= 15 is 4.39 Å². The molecule has 2 N–H and O–H groups in total. The monoisotopic (exact) mass is 475 g/mol. The molecule has 3 aromatic heterocycles. The highest BCUT2D eigenvalue weighted by atomic mass is 35.5. The van der Waals surface area contributed by atoms with E-state index in [0.717, 1.165) is 0 Å². The fourth-order valence-electron chi connectivity index (χ4n) is 4.31. The molecule has 1 amide bonds. The van der Waals surface area contributed by atoms with Gasteiger partial charge in [0, 0.05) is 30.2 Å². The molecule has 170 valence electrons. The molecule has 1 saturated carbocycles. The molecule has 0 spiro atoms. The molecular weight excluding hydrogens is 459 g/mol. The van der Waals surface area contributed by atoms with Crippen molar-refractivity contribution in [3.05, 3.63) is 35.6 Å². The number of hydrogen-bond acceptors (Lipinski definition) is 5. The third kappa shape index (κ3) is 3.29. The van der Waals surface area contributed by atoms with Crippen molar-refractivity contribution in [1.82, 2.24) is 24.6 Å². The molecule has 4 heterocycles. The normalized spacial score (nSPS) is 22.4. The van der Waals surface area contributed by atoms with E-state index in [1.54, 1.807) is 21.7 Å². The van der Waals surface area contributed by atoms with Gasteiger partial charge in [0.15, 0.2) is 17.3 Å². The number of carbonyl (C=O) groups excluding carboxylic acids is 1. The summed E-state index contributed by atoms with van der Waals surface area (Å²) in [4.78, 5) is 22.3. The zero-order chi connectivity index (χ0) is 22.9. The summed E-state index contributed by atoms with van der Waals surface area (Å²) in [6, 6.07) is 0. The van der Waals surface area contributed by atoms with Crippen molar-refractivity contribution in [3.63, 3.8) is 0 Å². The van der Waals surface area contributed by atoms with Crippen LogP contribution < -0.4 is 10.2 Å². The van der Waals surface area contributed by atoms with Crippen LogP contribution in [0.4, 0.5) is 24.7 Å². The third-order valence-electron chi connectivity index (χ3n) is 6.11. The zero-order valence-corrected chi connectivity index (χ0v) is 17.8. The molecule has 6 rings (SSSR count). The molecule has 1 saturated heterocycles. The number of nitrogens with one attached hydrogen (secondary N) is 2. The highest BCUT2D eigenvalue weighted by molar-refractivity contribution is 6.36. The predicted octanol–water partition coefficient (Wildman–Crippen LogP) is 3.91. The number of aromatic amines is 1. The summed E-state index contributed by atoms with van der Waals surface area (Å²) < 4.78 is 43.9. The molecule has 1 aliphatic carbocycles. The molecule has 2 fully saturated rings. The first-order valence-corrected chi connectivity index (χ1v) is 10.8. The standard InChI is InChI=1S/C21H17ClF3N7O/c22-17-16(11-4-27-30-19(11)20(18(17)25)31-2-1-9(23)6-31)13-7-32-8-14(28-15(32)5-26-13)29-21(33)10-3-12(10)24/h4-5,7-10,12H,1-3,6H2,(H,27,30)(H,29,33). The summed E-state index contributed by atoms with van der Waals surface area (Å²) in [5, 5.41) is 9.85. The van der Waals surface area contributed by atoms with E-state index in [2.05, 4.69) is 25.5 Å². The van der Waals surface area contributed by atoms with Crippen LogP contribution in [-0.4, -0.2) is 55.9 Å². The van der Waals surface area contributed by atoms with Gasteiger partial charge in [0.25, 0.3) is 0 Å². The van der Waals surface area contributed by atoms with Gasteiger partial charge in [-0.2, -0.15) is 5.10 Å². The fraction of sp³-hybridized carbons (Fsp3) is 0.333. The molecule has 1 aromatic carbocycles. The molecule has 3 unspecified atom stereocenters. The quantitative estimate of drug-likeness (QED) is 0.467. The van der Waals surface area contributed by atoms with Crippen molar-refractivity contribution in [2.45, 2.75) is 25.2 Å². The second-order valence-corrected chi connectivity index (χ2v) is 8.73. The molecule has 12 heteroatoms. The first-order chi connectivity index (χ1) is 15.9. The number of hydrogen-bond donors (Lipinski definition) is 2. The molecule has 3 atom stereocenters. The molecule has 4 aromatic rings. The highest BCUT2D eigenvalue weighted by Crippen LogP contribution is 2.43. The average molecular weight is 476 g/mol. The Bertz CT molecular complexity index is 1420. The van der Waals surface area contributed by atoms with Crippen molar-refractivity contribution >= 4 is 45.6 Å². The lowest BCUT2D eigenvalue weighted by molar-refractivity contribution is -0.117. The van der Waals surface area contributed by atoms with Crippen LogP contribution in [0.2, 0.25) is 5.02 Å². The topological polar surface area (TPSA) is 91.2 Å². The number of anilines is 2. The zero-order valence-electron chi connectivity index (χ0n) is 17.0. The van der Waals surface area contributed by atoms with Crippen LogP contribution in [0.5, 0.6) is 0 Å². The summed E-state index contributed by atoms with van der Waals surface area (Å²) in [7, 11) is 0. The fourth-order valence-corrected chi connectivity index (χ4v) is 4.60. The summed E-state index contributed by atoms with van der Waals surface area (Å²) in [6.45, 7) is 0.456. The number of nitrogens with zero attached hydrogens (tertiary/aromatic N) is 5. The van der Waals surface area contributed by atoms with Gasteiger partial charge in [-0.3, -0.25) is 14.9 Å². The van der Waals surface area contributed by atoms with Gasteiger partial charge in [-0.25, -0.2) is 18.2 Å². The van der Waals surface area contributed by atoms with E-state index in [9.17, 15) is 13.6 Å². The Hall–Kier alpha value is -3.34. The number of rotatable bonds is 4. The van der Waals surface area contributed by atoms with Crippen LogP contribution in [0, 0.1) is 11.7 Å². The highest BCUT2D eigenvalue weighted by Gasteiger charge is 2.43. The van der Waals surface area contributed by atoms with Crippen LogP contribution in [0.3, 0.4) is 0 Å². The molecule has 8 nitrogen and oxygen atoms in total. The van der Waals surface area contributed by atoms with Crippen LogP contribution in [0.1, 0.15) is 12.8 Å². The van der Waals surface area contributed by atoms with Crippen LogP contribution in [0.15, 0.2) is 24.8 Å². The summed E-state index contributed by atoms with van der Waals surface area (Å²) in [5.41, 5.74) is 1.72. The van der Waals surface area contributed by atoms with Gasteiger partial charge < -0.3 is 14.6 Å². The lowest BCUT2D eigenvalue weighted by Crippen LogP contribution is -2.22. The van der Waals surface area contributed by atoms with Crippen LogP contribution in [0.25, 0.3) is 27.8 Å². The van der Waals surface area contributed by atoms with Crippen molar-refractivity contribution in [3.8, 4) is 11.3 Å². The SMILES string of the molecule is O=C(Nc1cn2cc(-c3c(Cl)c(F)c(N4CCC(F)C4)c4[nH]ncc34)ncc2n1)C1CC1F. The largest absolute Gasteiger partial charge is 0.364 e. The van der Waals surface area contributed by atoms with Gasteiger partial charge in [0.1, 0.15) is 18.0 Å². The summed E-state index contributed by atoms with van der Waals surface area (Å²) in [6.07, 6.45) is 4.55. The van der Waals surface area contributed by atoms with Crippen molar-refractivity contribution < 1.29 is 18.0 Å². The minimum atomic E-state index is -1.11. The number of aromatic nitrogens is 5. The van der Waals surface area contributed by atoms with Gasteiger partial charge in [0.2, 0.25) is 5.91 Å². The Morgan fingerprint density at radius 2 is 2.09 bits per heavy atom. The number of H-pyrrole nitrogens is 1. The Balaban J connectivity index is 1.41. The Labute approximate surface area is 189 Å². The second kappa shape index (κ2) is 7.34. The third-order valence-corrected chi connectivity index (χ3v) is 6.47.